The van der Waals surface area contributed by atoms with Gasteiger partial charge in [0.25, 0.3) is 5.91 Å². The van der Waals surface area contributed by atoms with Crippen molar-refractivity contribution in [2.24, 2.45) is 5.92 Å². The highest BCUT2D eigenvalue weighted by Crippen LogP contribution is 2.31. The summed E-state index contributed by atoms with van der Waals surface area (Å²) in [6.07, 6.45) is 2.61. The minimum absolute atomic E-state index is 0.0631. The van der Waals surface area contributed by atoms with Crippen molar-refractivity contribution in [3.63, 3.8) is 0 Å². The number of rotatable bonds is 5. The lowest BCUT2D eigenvalue weighted by atomic mass is 9.87. The first-order chi connectivity index (χ1) is 15.7. The van der Waals surface area contributed by atoms with Crippen molar-refractivity contribution in [2.45, 2.75) is 18.9 Å². The fourth-order valence-electron chi connectivity index (χ4n) is 4.35. The Morgan fingerprint density at radius 3 is 2.31 bits per heavy atom. The van der Waals surface area contributed by atoms with Gasteiger partial charge in [0.1, 0.15) is 11.4 Å². The maximum absolute atomic E-state index is 13.5. The summed E-state index contributed by atoms with van der Waals surface area (Å²) in [6.45, 7) is 1.20. The van der Waals surface area contributed by atoms with Crippen molar-refractivity contribution >= 4 is 5.91 Å². The van der Waals surface area contributed by atoms with E-state index in [4.69, 9.17) is 4.42 Å². The SMILES string of the molecule is O=C(c1cc(-c2ccco2)nn1-c1ccccc1)N1CCC(C(O)c2ccccc2)CC1. The standard InChI is InChI=1S/C26H25N3O3/c30-25(19-8-3-1-4-9-19)20-13-15-28(16-14-20)26(31)23-18-22(24-12-7-17-32-24)27-29(23)21-10-5-2-6-11-21/h1-12,17-18,20,25,30H,13-16H2. The zero-order valence-electron chi connectivity index (χ0n) is 17.7. The molecule has 1 aliphatic heterocycles. The number of para-hydroxylation sites is 1. The third-order valence-electron chi connectivity index (χ3n) is 6.12. The maximum atomic E-state index is 13.5. The number of benzene rings is 2. The summed E-state index contributed by atoms with van der Waals surface area (Å²) in [6, 6.07) is 24.8. The second-order valence-electron chi connectivity index (χ2n) is 8.12. The van der Waals surface area contributed by atoms with Crippen LogP contribution in [0.1, 0.15) is 35.0 Å². The molecule has 32 heavy (non-hydrogen) atoms. The van der Waals surface area contributed by atoms with Crippen molar-refractivity contribution in [3.8, 4) is 17.1 Å². The first kappa shape index (κ1) is 20.3. The van der Waals surface area contributed by atoms with Gasteiger partial charge in [-0.2, -0.15) is 5.10 Å². The molecule has 4 aromatic rings. The predicted octanol–water partition coefficient (Wildman–Crippen LogP) is 4.72. The van der Waals surface area contributed by atoms with Crippen molar-refractivity contribution < 1.29 is 14.3 Å². The molecular weight excluding hydrogens is 402 g/mol. The fraction of sp³-hybridized carbons (Fsp3) is 0.231. The molecule has 0 aliphatic carbocycles. The summed E-state index contributed by atoms with van der Waals surface area (Å²) in [7, 11) is 0. The van der Waals surface area contributed by atoms with E-state index in [-0.39, 0.29) is 11.8 Å². The van der Waals surface area contributed by atoms with E-state index < -0.39 is 6.10 Å². The maximum Gasteiger partial charge on any atom is 0.272 e. The van der Waals surface area contributed by atoms with E-state index in [1.165, 1.54) is 0 Å². The quantitative estimate of drug-likeness (QED) is 0.500. The van der Waals surface area contributed by atoms with Crippen LogP contribution in [0.4, 0.5) is 0 Å². The van der Waals surface area contributed by atoms with Crippen molar-refractivity contribution in [2.75, 3.05) is 13.1 Å². The number of aliphatic hydroxyl groups is 1. The molecule has 162 valence electrons. The number of amides is 1. The van der Waals surface area contributed by atoms with Crippen LogP contribution in [0.15, 0.2) is 89.5 Å². The van der Waals surface area contributed by atoms with Crippen LogP contribution in [0.5, 0.6) is 0 Å². The second-order valence-corrected chi connectivity index (χ2v) is 8.12. The molecule has 0 radical (unpaired) electrons. The fourth-order valence-corrected chi connectivity index (χ4v) is 4.35. The van der Waals surface area contributed by atoms with E-state index in [0.717, 1.165) is 24.1 Å². The highest BCUT2D eigenvalue weighted by molar-refractivity contribution is 5.94. The molecule has 6 nitrogen and oxygen atoms in total. The molecule has 0 bridgehead atoms. The average molecular weight is 428 g/mol. The molecule has 1 amide bonds. The van der Waals surface area contributed by atoms with Gasteiger partial charge in [-0.15, -0.1) is 0 Å². The average Bonchev–Trinajstić information content (AvgIpc) is 3.55. The van der Waals surface area contributed by atoms with Crippen LogP contribution in [-0.2, 0) is 0 Å². The van der Waals surface area contributed by atoms with Gasteiger partial charge in [0.05, 0.1) is 18.1 Å². The first-order valence-electron chi connectivity index (χ1n) is 10.9. The van der Waals surface area contributed by atoms with Gasteiger partial charge in [-0.05, 0) is 48.6 Å². The molecule has 1 unspecified atom stereocenters. The summed E-state index contributed by atoms with van der Waals surface area (Å²) in [4.78, 5) is 15.4. The molecule has 5 rings (SSSR count). The van der Waals surface area contributed by atoms with Gasteiger partial charge in [-0.3, -0.25) is 4.79 Å². The van der Waals surface area contributed by atoms with Gasteiger partial charge >= 0.3 is 0 Å². The summed E-state index contributed by atoms with van der Waals surface area (Å²) in [5, 5.41) is 15.4. The van der Waals surface area contributed by atoms with Crippen molar-refractivity contribution in [3.05, 3.63) is 96.4 Å². The van der Waals surface area contributed by atoms with Crippen molar-refractivity contribution in [1.82, 2.24) is 14.7 Å². The number of hydrogen-bond donors (Lipinski definition) is 1. The van der Waals surface area contributed by atoms with Gasteiger partial charge in [-0.25, -0.2) is 4.68 Å². The molecular formula is C26H25N3O3. The van der Waals surface area contributed by atoms with Gasteiger partial charge in [0, 0.05) is 19.2 Å². The molecule has 1 aliphatic rings. The summed E-state index contributed by atoms with van der Waals surface area (Å²) in [5.74, 6) is 0.699. The zero-order valence-corrected chi connectivity index (χ0v) is 17.7. The molecule has 3 heterocycles. The van der Waals surface area contributed by atoms with E-state index in [2.05, 4.69) is 5.10 Å². The highest BCUT2D eigenvalue weighted by atomic mass is 16.3. The minimum atomic E-state index is -0.506. The zero-order chi connectivity index (χ0) is 21.9. The number of furan rings is 1. The van der Waals surface area contributed by atoms with E-state index in [0.29, 0.717) is 30.2 Å². The molecule has 1 atom stereocenters. The Labute approximate surface area is 186 Å². The topological polar surface area (TPSA) is 71.5 Å². The van der Waals surface area contributed by atoms with Crippen LogP contribution < -0.4 is 0 Å². The molecule has 1 saturated heterocycles. The Morgan fingerprint density at radius 2 is 1.66 bits per heavy atom. The lowest BCUT2D eigenvalue weighted by molar-refractivity contribution is 0.0456. The number of likely N-dealkylation sites (tertiary alicyclic amines) is 1. The minimum Gasteiger partial charge on any atom is -0.463 e. The summed E-state index contributed by atoms with van der Waals surface area (Å²) < 4.78 is 7.19. The summed E-state index contributed by atoms with van der Waals surface area (Å²) in [5.41, 5.74) is 2.88. The van der Waals surface area contributed by atoms with Gasteiger partial charge in [-0.1, -0.05) is 48.5 Å². The van der Waals surface area contributed by atoms with Gasteiger partial charge < -0.3 is 14.4 Å². The van der Waals surface area contributed by atoms with Gasteiger partial charge in [0.2, 0.25) is 0 Å². The van der Waals surface area contributed by atoms with Crippen LogP contribution in [0.3, 0.4) is 0 Å². The van der Waals surface area contributed by atoms with Crippen molar-refractivity contribution in [1.29, 1.82) is 0 Å². The number of nitrogens with zero attached hydrogens (tertiary/aromatic N) is 3. The Morgan fingerprint density at radius 1 is 0.969 bits per heavy atom. The molecule has 1 fully saturated rings. The second kappa shape index (κ2) is 8.85. The smallest absolute Gasteiger partial charge is 0.272 e. The normalized spacial score (nSPS) is 15.6. The number of carbonyl (C=O) groups is 1. The van der Waals surface area contributed by atoms with Crippen LogP contribution >= 0.6 is 0 Å². The molecule has 0 spiro atoms. The molecule has 2 aromatic carbocycles. The lowest BCUT2D eigenvalue weighted by Gasteiger charge is -2.34. The number of carbonyl (C=O) groups excluding carboxylic acids is 1. The van der Waals surface area contributed by atoms with E-state index in [1.807, 2.05) is 71.6 Å². The molecule has 6 heteroatoms. The number of aliphatic hydroxyl groups excluding tert-OH is 1. The number of hydrogen-bond acceptors (Lipinski definition) is 4. The highest BCUT2D eigenvalue weighted by Gasteiger charge is 2.30. The monoisotopic (exact) mass is 427 g/mol. The summed E-state index contributed by atoms with van der Waals surface area (Å²) >= 11 is 0. The van der Waals surface area contributed by atoms with E-state index in [1.54, 1.807) is 23.1 Å². The van der Waals surface area contributed by atoms with E-state index >= 15 is 0 Å². The molecule has 2 aromatic heterocycles. The van der Waals surface area contributed by atoms with Crippen LogP contribution in [0, 0.1) is 5.92 Å². The van der Waals surface area contributed by atoms with Crippen LogP contribution in [-0.4, -0.2) is 38.8 Å². The third kappa shape index (κ3) is 3.97. The Hall–Kier alpha value is -3.64. The number of aromatic nitrogens is 2. The van der Waals surface area contributed by atoms with Crippen LogP contribution in [0.2, 0.25) is 0 Å². The predicted molar refractivity (Wildman–Crippen MR) is 121 cm³/mol. The van der Waals surface area contributed by atoms with Gasteiger partial charge in [0.15, 0.2) is 5.76 Å². The third-order valence-corrected chi connectivity index (χ3v) is 6.12. The van der Waals surface area contributed by atoms with E-state index in [9.17, 15) is 9.90 Å². The van der Waals surface area contributed by atoms with Crippen LogP contribution in [0.25, 0.3) is 17.1 Å². The Balaban J connectivity index is 1.36. The molecule has 0 saturated carbocycles. The lowest BCUT2D eigenvalue weighted by Crippen LogP contribution is -2.40. The largest absolute Gasteiger partial charge is 0.463 e. The molecule has 1 N–H and O–H groups in total. The Kier molecular flexibility index (Phi) is 5.60. The first-order valence-corrected chi connectivity index (χ1v) is 10.9. The number of piperidine rings is 1. The Bertz CT molecular complexity index is 1160.